The Morgan fingerprint density at radius 2 is 2.04 bits per heavy atom. The zero-order valence-electron chi connectivity index (χ0n) is 13.2. The molecule has 1 unspecified atom stereocenters. The molecule has 0 spiro atoms. The van der Waals surface area contributed by atoms with E-state index >= 15 is 0 Å². The molecule has 1 fully saturated rings. The van der Waals surface area contributed by atoms with E-state index in [4.69, 9.17) is 0 Å². The van der Waals surface area contributed by atoms with Gasteiger partial charge in [-0.1, -0.05) is 0 Å². The van der Waals surface area contributed by atoms with E-state index in [1.807, 2.05) is 34.3 Å². The fourth-order valence-corrected chi connectivity index (χ4v) is 6.34. The van der Waals surface area contributed by atoms with Gasteiger partial charge < -0.3 is 5.11 Å². The van der Waals surface area contributed by atoms with Crippen LogP contribution in [0.3, 0.4) is 0 Å². The maximum atomic E-state index is 11.3. The van der Waals surface area contributed by atoms with Gasteiger partial charge >= 0.3 is 0 Å². The molecule has 6 nitrogen and oxygen atoms in total. The number of hydrogen-bond donors (Lipinski definition) is 1. The predicted octanol–water partition coefficient (Wildman–Crippen LogP) is 0.625. The van der Waals surface area contributed by atoms with Crippen molar-refractivity contribution in [3.63, 3.8) is 0 Å². The minimum absolute atomic E-state index is 0.275. The van der Waals surface area contributed by atoms with Crippen LogP contribution in [-0.4, -0.2) is 75.8 Å². The van der Waals surface area contributed by atoms with Crippen LogP contribution in [0.4, 0.5) is 0 Å². The van der Waals surface area contributed by atoms with Crippen molar-refractivity contribution < 1.29 is 13.5 Å². The minimum Gasteiger partial charge on any atom is -0.386 e. The van der Waals surface area contributed by atoms with E-state index in [0.717, 1.165) is 31.6 Å². The van der Waals surface area contributed by atoms with Crippen LogP contribution in [0.1, 0.15) is 17.5 Å². The lowest BCUT2D eigenvalue weighted by Gasteiger charge is -2.33. The first-order valence-electron chi connectivity index (χ1n) is 7.74. The molecule has 1 aromatic rings. The molecule has 1 aromatic heterocycles. The lowest BCUT2D eigenvalue weighted by Crippen LogP contribution is -2.43. The smallest absolute Gasteiger partial charge is 0.150 e. The second kappa shape index (κ2) is 7.35. The van der Waals surface area contributed by atoms with Gasteiger partial charge in [0.25, 0.3) is 0 Å². The molecule has 23 heavy (non-hydrogen) atoms. The Labute approximate surface area is 145 Å². The van der Waals surface area contributed by atoms with Crippen molar-refractivity contribution >= 4 is 33.4 Å². The number of fused-ring (bicyclic) bond motifs is 1. The van der Waals surface area contributed by atoms with Gasteiger partial charge in [-0.25, -0.2) is 8.42 Å². The van der Waals surface area contributed by atoms with Gasteiger partial charge in [-0.05, 0) is 6.07 Å². The molecule has 0 bridgehead atoms. The number of hydrogen-bond acceptors (Lipinski definition) is 7. The standard InChI is InChI=1S/C14H23N3O3S3/c1-23(19,20)10-14(18)13-6-11-7-16(2-3-17(11)15-13)12-8-21-4-5-22-9-12/h6,12,14,18H,2-5,7-10H2,1H3. The number of sulfone groups is 1. The number of nitrogens with zero attached hydrogens (tertiary/aromatic N) is 3. The average Bonchev–Trinajstić information content (AvgIpc) is 2.71. The van der Waals surface area contributed by atoms with Gasteiger partial charge in [0.15, 0.2) is 0 Å². The maximum Gasteiger partial charge on any atom is 0.150 e. The van der Waals surface area contributed by atoms with Crippen molar-refractivity contribution in [3.05, 3.63) is 17.5 Å². The second-order valence-corrected chi connectivity index (χ2v) is 10.7. The zero-order chi connectivity index (χ0) is 16.4. The fraction of sp³-hybridized carbons (Fsp3) is 0.786. The van der Waals surface area contributed by atoms with Gasteiger partial charge in [-0.2, -0.15) is 28.6 Å². The highest BCUT2D eigenvalue weighted by Crippen LogP contribution is 2.25. The highest BCUT2D eigenvalue weighted by atomic mass is 32.2. The molecule has 9 heteroatoms. The molecular weight excluding hydrogens is 354 g/mol. The third-order valence-electron chi connectivity index (χ3n) is 4.16. The molecule has 0 aliphatic carbocycles. The van der Waals surface area contributed by atoms with Gasteiger partial charge in [0.1, 0.15) is 15.9 Å². The highest BCUT2D eigenvalue weighted by Gasteiger charge is 2.27. The first kappa shape index (κ1) is 17.6. The summed E-state index contributed by atoms with van der Waals surface area (Å²) in [6.45, 7) is 2.58. The van der Waals surface area contributed by atoms with Crippen LogP contribution in [0.25, 0.3) is 0 Å². The van der Waals surface area contributed by atoms with E-state index in [1.54, 1.807) is 0 Å². The van der Waals surface area contributed by atoms with Crippen LogP contribution in [0, 0.1) is 0 Å². The summed E-state index contributed by atoms with van der Waals surface area (Å²) < 4.78 is 24.6. The summed E-state index contributed by atoms with van der Waals surface area (Å²) in [5.74, 6) is 4.53. The van der Waals surface area contributed by atoms with Crippen molar-refractivity contribution in [3.8, 4) is 0 Å². The minimum atomic E-state index is -3.22. The van der Waals surface area contributed by atoms with Crippen molar-refractivity contribution in [2.75, 3.05) is 41.6 Å². The van der Waals surface area contributed by atoms with E-state index in [-0.39, 0.29) is 5.75 Å². The second-order valence-electron chi connectivity index (χ2n) is 6.17. The summed E-state index contributed by atoms with van der Waals surface area (Å²) in [6.07, 6.45) is 0.0931. The molecule has 0 amide bonds. The Kier molecular flexibility index (Phi) is 5.62. The van der Waals surface area contributed by atoms with Crippen LogP contribution in [0.15, 0.2) is 6.07 Å². The number of aliphatic hydroxyl groups is 1. The zero-order valence-corrected chi connectivity index (χ0v) is 15.7. The Balaban J connectivity index is 1.69. The topological polar surface area (TPSA) is 75.4 Å². The third kappa shape index (κ3) is 4.66. The quantitative estimate of drug-likeness (QED) is 0.824. The molecule has 0 radical (unpaired) electrons. The molecule has 2 aliphatic rings. The molecule has 130 valence electrons. The molecule has 0 aromatic carbocycles. The Morgan fingerprint density at radius 1 is 1.35 bits per heavy atom. The van der Waals surface area contributed by atoms with Crippen molar-refractivity contribution in [1.82, 2.24) is 14.7 Å². The number of thioether (sulfide) groups is 2. The molecule has 1 N–H and O–H groups in total. The molecule has 3 heterocycles. The fourth-order valence-electron chi connectivity index (χ4n) is 2.97. The van der Waals surface area contributed by atoms with Crippen LogP contribution in [0.5, 0.6) is 0 Å². The van der Waals surface area contributed by atoms with E-state index in [2.05, 4.69) is 10.00 Å². The van der Waals surface area contributed by atoms with E-state index in [9.17, 15) is 13.5 Å². The summed E-state index contributed by atoms with van der Waals surface area (Å²) in [5.41, 5.74) is 1.54. The summed E-state index contributed by atoms with van der Waals surface area (Å²) >= 11 is 4.05. The van der Waals surface area contributed by atoms with Crippen LogP contribution in [0.2, 0.25) is 0 Å². The average molecular weight is 378 g/mol. The van der Waals surface area contributed by atoms with Gasteiger partial charge in [0.05, 0.1) is 23.7 Å². The Hall–Kier alpha value is -0.220. The van der Waals surface area contributed by atoms with Crippen LogP contribution in [-0.2, 0) is 22.9 Å². The van der Waals surface area contributed by atoms with Gasteiger partial charge in [-0.15, -0.1) is 0 Å². The van der Waals surface area contributed by atoms with E-state index in [1.165, 1.54) is 23.0 Å². The SMILES string of the molecule is CS(=O)(=O)CC(O)c1cc2n(n1)CCN(C1CSCCSC1)C2. The van der Waals surface area contributed by atoms with Gasteiger partial charge in [-0.3, -0.25) is 9.58 Å². The maximum absolute atomic E-state index is 11.3. The first-order chi connectivity index (χ1) is 10.9. The molecular formula is C14H23N3O3S3. The molecule has 0 saturated carbocycles. The summed E-state index contributed by atoms with van der Waals surface area (Å²) in [6, 6.07) is 2.44. The molecule has 1 saturated heterocycles. The lowest BCUT2D eigenvalue weighted by atomic mass is 10.2. The van der Waals surface area contributed by atoms with E-state index in [0.29, 0.717) is 11.7 Å². The Morgan fingerprint density at radius 3 is 2.70 bits per heavy atom. The normalized spacial score (nSPS) is 22.5. The van der Waals surface area contributed by atoms with Crippen molar-refractivity contribution in [2.45, 2.75) is 25.2 Å². The first-order valence-corrected chi connectivity index (χ1v) is 12.1. The number of aliphatic hydroxyl groups excluding tert-OH is 1. The molecule has 2 aliphatic heterocycles. The predicted molar refractivity (Wildman–Crippen MR) is 95.7 cm³/mol. The van der Waals surface area contributed by atoms with Crippen LogP contribution < -0.4 is 0 Å². The lowest BCUT2D eigenvalue weighted by molar-refractivity contribution is 0.174. The monoisotopic (exact) mass is 377 g/mol. The molecule has 3 rings (SSSR count). The largest absolute Gasteiger partial charge is 0.386 e. The summed E-state index contributed by atoms with van der Waals surface area (Å²) in [7, 11) is -3.22. The van der Waals surface area contributed by atoms with Gasteiger partial charge in [0, 0.05) is 48.4 Å². The summed E-state index contributed by atoms with van der Waals surface area (Å²) in [4.78, 5) is 2.50. The van der Waals surface area contributed by atoms with Crippen molar-refractivity contribution in [2.24, 2.45) is 0 Å². The third-order valence-corrected chi connectivity index (χ3v) is 7.56. The van der Waals surface area contributed by atoms with Crippen LogP contribution >= 0.6 is 23.5 Å². The summed E-state index contributed by atoms with van der Waals surface area (Å²) in [5, 5.41) is 14.5. The highest BCUT2D eigenvalue weighted by molar-refractivity contribution is 8.03. The Bertz CT molecular complexity index is 639. The van der Waals surface area contributed by atoms with Crippen molar-refractivity contribution in [1.29, 1.82) is 0 Å². The number of aromatic nitrogens is 2. The number of rotatable bonds is 4. The van der Waals surface area contributed by atoms with Gasteiger partial charge in [0.2, 0.25) is 0 Å². The molecule has 1 atom stereocenters. The van der Waals surface area contributed by atoms with E-state index < -0.39 is 15.9 Å².